The molecule has 1 atom stereocenters. The Morgan fingerprint density at radius 3 is 2.06 bits per heavy atom. The van der Waals surface area contributed by atoms with Crippen molar-refractivity contribution < 1.29 is 8.42 Å². The molecule has 0 unspecified atom stereocenters. The summed E-state index contributed by atoms with van der Waals surface area (Å²) in [6.07, 6.45) is 6.08. The first-order chi connectivity index (χ1) is 8.10. The second-order valence-electron chi connectivity index (χ2n) is 5.08. The van der Waals surface area contributed by atoms with E-state index in [2.05, 4.69) is 0 Å². The molecule has 2 rings (SSSR count). The van der Waals surface area contributed by atoms with Crippen molar-refractivity contribution >= 4 is 10.2 Å². The molecule has 17 heavy (non-hydrogen) atoms. The molecule has 2 fully saturated rings. The van der Waals surface area contributed by atoms with Crippen LogP contribution >= 0.6 is 0 Å². The molecular weight excluding hydrogens is 238 g/mol. The van der Waals surface area contributed by atoms with Crippen molar-refractivity contribution in [3.8, 4) is 0 Å². The lowest BCUT2D eigenvalue weighted by atomic mass is 10.1. The molecule has 0 aromatic heterocycles. The summed E-state index contributed by atoms with van der Waals surface area (Å²) in [6.45, 7) is 2.47. The standard InChI is InChI=1S/C11H23N3O2S/c12-11-6-5-9-14(10-11)17(15,16)13-7-3-1-2-4-8-13/h11H,1-10,12H2/t11-/m1/s1. The predicted octanol–water partition coefficient (Wildman–Crippen LogP) is 0.530. The molecule has 100 valence electrons. The van der Waals surface area contributed by atoms with Gasteiger partial charge in [0.05, 0.1) is 0 Å². The Balaban J connectivity index is 2.05. The Hall–Kier alpha value is -0.170. The van der Waals surface area contributed by atoms with E-state index in [0.29, 0.717) is 26.2 Å². The normalized spacial score (nSPS) is 30.1. The van der Waals surface area contributed by atoms with E-state index in [1.807, 2.05) is 0 Å². The molecular formula is C11H23N3O2S. The van der Waals surface area contributed by atoms with Crippen molar-refractivity contribution in [2.24, 2.45) is 5.73 Å². The molecule has 2 aliphatic rings. The third kappa shape index (κ3) is 3.19. The van der Waals surface area contributed by atoms with E-state index in [9.17, 15) is 8.42 Å². The van der Waals surface area contributed by atoms with Crippen molar-refractivity contribution in [3.63, 3.8) is 0 Å². The van der Waals surface area contributed by atoms with Gasteiger partial charge in [-0.25, -0.2) is 0 Å². The van der Waals surface area contributed by atoms with Gasteiger partial charge in [-0.1, -0.05) is 12.8 Å². The molecule has 0 bridgehead atoms. The van der Waals surface area contributed by atoms with Crippen molar-refractivity contribution in [2.75, 3.05) is 26.2 Å². The summed E-state index contributed by atoms with van der Waals surface area (Å²) in [5.41, 5.74) is 5.86. The van der Waals surface area contributed by atoms with E-state index in [1.165, 1.54) is 0 Å². The van der Waals surface area contributed by atoms with Crippen LogP contribution < -0.4 is 5.73 Å². The first-order valence-electron chi connectivity index (χ1n) is 6.61. The van der Waals surface area contributed by atoms with Crippen LogP contribution in [0.4, 0.5) is 0 Å². The van der Waals surface area contributed by atoms with E-state index >= 15 is 0 Å². The number of rotatable bonds is 2. The fourth-order valence-corrected chi connectivity index (χ4v) is 4.41. The third-order valence-electron chi connectivity index (χ3n) is 3.64. The second-order valence-corrected chi connectivity index (χ2v) is 7.01. The lowest BCUT2D eigenvalue weighted by Gasteiger charge is -2.33. The van der Waals surface area contributed by atoms with Crippen molar-refractivity contribution in [1.29, 1.82) is 0 Å². The van der Waals surface area contributed by atoms with Crippen LogP contribution in [-0.4, -0.2) is 49.2 Å². The molecule has 0 radical (unpaired) electrons. The minimum Gasteiger partial charge on any atom is -0.327 e. The maximum absolute atomic E-state index is 12.4. The van der Waals surface area contributed by atoms with Gasteiger partial charge in [0.1, 0.15) is 0 Å². The first kappa shape index (κ1) is 13.3. The molecule has 0 aliphatic carbocycles. The molecule has 2 aliphatic heterocycles. The summed E-state index contributed by atoms with van der Waals surface area (Å²) in [7, 11) is -3.25. The summed E-state index contributed by atoms with van der Waals surface area (Å²) in [5, 5.41) is 0. The van der Waals surface area contributed by atoms with Gasteiger partial charge in [0.15, 0.2) is 0 Å². The van der Waals surface area contributed by atoms with Crippen LogP contribution in [0.1, 0.15) is 38.5 Å². The first-order valence-corrected chi connectivity index (χ1v) is 8.01. The lowest BCUT2D eigenvalue weighted by Crippen LogP contribution is -2.51. The summed E-state index contributed by atoms with van der Waals surface area (Å²) < 4.78 is 28.1. The van der Waals surface area contributed by atoms with Crippen molar-refractivity contribution in [1.82, 2.24) is 8.61 Å². The number of nitrogens with zero attached hydrogens (tertiary/aromatic N) is 2. The van der Waals surface area contributed by atoms with Crippen LogP contribution in [0.2, 0.25) is 0 Å². The van der Waals surface area contributed by atoms with E-state index in [0.717, 1.165) is 38.5 Å². The molecule has 2 heterocycles. The smallest absolute Gasteiger partial charge is 0.282 e. The zero-order chi connectivity index (χ0) is 12.3. The Morgan fingerprint density at radius 2 is 1.47 bits per heavy atom. The maximum Gasteiger partial charge on any atom is 0.282 e. The summed E-state index contributed by atoms with van der Waals surface area (Å²) in [5.74, 6) is 0. The Bertz CT molecular complexity index is 329. The maximum atomic E-state index is 12.4. The Labute approximate surface area is 104 Å². The number of hydrogen-bond donors (Lipinski definition) is 1. The number of nitrogens with two attached hydrogens (primary N) is 1. The van der Waals surface area contributed by atoms with E-state index in [-0.39, 0.29) is 6.04 Å². The molecule has 2 N–H and O–H groups in total. The highest BCUT2D eigenvalue weighted by Crippen LogP contribution is 2.19. The van der Waals surface area contributed by atoms with Gasteiger partial charge in [0.25, 0.3) is 10.2 Å². The van der Waals surface area contributed by atoms with Crippen LogP contribution in [0, 0.1) is 0 Å². The summed E-state index contributed by atoms with van der Waals surface area (Å²) in [4.78, 5) is 0. The fraction of sp³-hybridized carbons (Fsp3) is 1.00. The van der Waals surface area contributed by atoms with Gasteiger partial charge >= 0.3 is 0 Å². The quantitative estimate of drug-likeness (QED) is 0.788. The monoisotopic (exact) mass is 261 g/mol. The number of piperidine rings is 1. The van der Waals surface area contributed by atoms with Gasteiger partial charge in [-0.05, 0) is 25.7 Å². The highest BCUT2D eigenvalue weighted by atomic mass is 32.2. The Kier molecular flexibility index (Phi) is 4.41. The lowest BCUT2D eigenvalue weighted by molar-refractivity contribution is 0.285. The van der Waals surface area contributed by atoms with Gasteiger partial charge in [0, 0.05) is 32.2 Å². The second kappa shape index (κ2) is 5.65. The highest BCUT2D eigenvalue weighted by Gasteiger charge is 2.32. The molecule has 0 aromatic carbocycles. The van der Waals surface area contributed by atoms with Gasteiger partial charge < -0.3 is 5.73 Å². The zero-order valence-corrected chi connectivity index (χ0v) is 11.2. The molecule has 5 nitrogen and oxygen atoms in total. The molecule has 6 heteroatoms. The van der Waals surface area contributed by atoms with Crippen LogP contribution in [0.15, 0.2) is 0 Å². The van der Waals surface area contributed by atoms with Crippen molar-refractivity contribution in [3.05, 3.63) is 0 Å². The van der Waals surface area contributed by atoms with Crippen LogP contribution in [0.25, 0.3) is 0 Å². The largest absolute Gasteiger partial charge is 0.327 e. The van der Waals surface area contributed by atoms with Crippen LogP contribution in [0.3, 0.4) is 0 Å². The SMILES string of the molecule is N[C@@H]1CCCN(S(=O)(=O)N2CCCCCC2)C1. The summed E-state index contributed by atoms with van der Waals surface area (Å²) >= 11 is 0. The highest BCUT2D eigenvalue weighted by molar-refractivity contribution is 7.86. The topological polar surface area (TPSA) is 66.6 Å². The molecule has 2 saturated heterocycles. The molecule has 0 amide bonds. The molecule has 0 aromatic rings. The molecule has 0 spiro atoms. The predicted molar refractivity (Wildman–Crippen MR) is 67.7 cm³/mol. The summed E-state index contributed by atoms with van der Waals surface area (Å²) in [6, 6.07) is 0.00510. The minimum absolute atomic E-state index is 0.00510. The van der Waals surface area contributed by atoms with Gasteiger partial charge in [0.2, 0.25) is 0 Å². The average molecular weight is 261 g/mol. The van der Waals surface area contributed by atoms with Crippen LogP contribution in [-0.2, 0) is 10.2 Å². The van der Waals surface area contributed by atoms with Crippen LogP contribution in [0.5, 0.6) is 0 Å². The van der Waals surface area contributed by atoms with E-state index in [1.54, 1.807) is 8.61 Å². The average Bonchev–Trinajstić information content (AvgIpc) is 2.58. The minimum atomic E-state index is -3.25. The fourth-order valence-electron chi connectivity index (χ4n) is 2.62. The molecule has 0 saturated carbocycles. The third-order valence-corrected chi connectivity index (χ3v) is 5.64. The van der Waals surface area contributed by atoms with Crippen molar-refractivity contribution in [2.45, 2.75) is 44.6 Å². The van der Waals surface area contributed by atoms with Gasteiger partial charge in [-0.2, -0.15) is 17.0 Å². The van der Waals surface area contributed by atoms with Gasteiger partial charge in [-0.15, -0.1) is 0 Å². The zero-order valence-electron chi connectivity index (χ0n) is 10.3. The van der Waals surface area contributed by atoms with Gasteiger partial charge in [-0.3, -0.25) is 0 Å². The van der Waals surface area contributed by atoms with E-state index < -0.39 is 10.2 Å². The Morgan fingerprint density at radius 1 is 0.882 bits per heavy atom. The number of hydrogen-bond acceptors (Lipinski definition) is 3. The van der Waals surface area contributed by atoms with E-state index in [4.69, 9.17) is 5.73 Å².